The van der Waals surface area contributed by atoms with Gasteiger partial charge in [-0.25, -0.2) is 0 Å². The zero-order valence-electron chi connectivity index (χ0n) is 13.7. The van der Waals surface area contributed by atoms with Crippen molar-refractivity contribution in [2.24, 2.45) is 11.8 Å². The van der Waals surface area contributed by atoms with E-state index >= 15 is 0 Å². The first-order chi connectivity index (χ1) is 10.7. The molecule has 0 spiro atoms. The van der Waals surface area contributed by atoms with Crippen LogP contribution in [0.25, 0.3) is 0 Å². The maximum Gasteiger partial charge on any atom is 0.233 e. The van der Waals surface area contributed by atoms with Gasteiger partial charge in [-0.2, -0.15) is 0 Å². The van der Waals surface area contributed by atoms with Crippen LogP contribution < -0.4 is 10.6 Å². The van der Waals surface area contributed by atoms with Gasteiger partial charge in [-0.15, -0.1) is 11.8 Å². The van der Waals surface area contributed by atoms with Crippen molar-refractivity contribution < 1.29 is 4.79 Å². The lowest BCUT2D eigenvalue weighted by Crippen LogP contribution is -2.42. The second kappa shape index (κ2) is 9.21. The summed E-state index contributed by atoms with van der Waals surface area (Å²) in [6.07, 6.45) is 2.44. The van der Waals surface area contributed by atoms with Crippen molar-refractivity contribution in [2.45, 2.75) is 37.7 Å². The van der Waals surface area contributed by atoms with Crippen LogP contribution in [0.1, 0.15) is 32.3 Å². The zero-order chi connectivity index (χ0) is 15.8. The first kappa shape index (κ1) is 17.4. The van der Waals surface area contributed by atoms with Crippen molar-refractivity contribution in [1.29, 1.82) is 0 Å². The van der Waals surface area contributed by atoms with E-state index in [1.165, 1.54) is 18.4 Å². The lowest BCUT2D eigenvalue weighted by Gasteiger charge is -2.25. The normalized spacial score (nSPS) is 19.9. The quantitative estimate of drug-likeness (QED) is 0.811. The molecule has 3 nitrogen and oxygen atoms in total. The molecule has 4 heteroatoms. The third-order valence-electron chi connectivity index (χ3n) is 4.10. The summed E-state index contributed by atoms with van der Waals surface area (Å²) >= 11 is 1.75. The van der Waals surface area contributed by atoms with Gasteiger partial charge in [0.2, 0.25) is 5.91 Å². The minimum atomic E-state index is 0.0248. The summed E-state index contributed by atoms with van der Waals surface area (Å²) in [7, 11) is 0. The van der Waals surface area contributed by atoms with Gasteiger partial charge in [-0.3, -0.25) is 4.79 Å². The van der Waals surface area contributed by atoms with Crippen LogP contribution in [0.15, 0.2) is 30.3 Å². The van der Waals surface area contributed by atoms with Crippen LogP contribution in [0.2, 0.25) is 0 Å². The number of rotatable bonds is 7. The smallest absolute Gasteiger partial charge is 0.233 e. The van der Waals surface area contributed by atoms with E-state index in [0.717, 1.165) is 25.4 Å². The molecule has 0 radical (unpaired) electrons. The van der Waals surface area contributed by atoms with Gasteiger partial charge in [-0.05, 0) is 43.3 Å². The molecule has 0 aromatic heterocycles. The average molecular weight is 321 g/mol. The Morgan fingerprint density at radius 2 is 2.14 bits per heavy atom. The Balaban J connectivity index is 1.80. The number of carbonyl (C=O) groups excluding carboxylic acids is 1. The predicted octanol–water partition coefficient (Wildman–Crippen LogP) is 3.06. The van der Waals surface area contributed by atoms with Crippen molar-refractivity contribution in [2.75, 3.05) is 19.6 Å². The summed E-state index contributed by atoms with van der Waals surface area (Å²) in [5.74, 6) is 2.02. The fourth-order valence-electron chi connectivity index (χ4n) is 2.77. The van der Waals surface area contributed by atoms with Crippen molar-refractivity contribution in [3.05, 3.63) is 35.9 Å². The second-order valence-electron chi connectivity index (χ2n) is 6.42. The third kappa shape index (κ3) is 5.65. The molecule has 1 fully saturated rings. The summed E-state index contributed by atoms with van der Waals surface area (Å²) in [4.78, 5) is 12.5. The van der Waals surface area contributed by atoms with E-state index < -0.39 is 0 Å². The van der Waals surface area contributed by atoms with Gasteiger partial charge in [-0.1, -0.05) is 44.2 Å². The Hall–Kier alpha value is -1.00. The first-order valence-corrected chi connectivity index (χ1v) is 9.35. The van der Waals surface area contributed by atoms with Crippen LogP contribution in [0.3, 0.4) is 0 Å². The van der Waals surface area contributed by atoms with Crippen molar-refractivity contribution in [3.63, 3.8) is 0 Å². The number of hydrogen-bond acceptors (Lipinski definition) is 3. The Kier molecular flexibility index (Phi) is 7.26. The van der Waals surface area contributed by atoms with Crippen LogP contribution >= 0.6 is 11.8 Å². The van der Waals surface area contributed by atoms with Gasteiger partial charge in [0.05, 0.1) is 5.25 Å². The number of hydrogen-bond donors (Lipinski definition) is 2. The molecule has 1 aliphatic heterocycles. The average Bonchev–Trinajstić information content (AvgIpc) is 2.55. The summed E-state index contributed by atoms with van der Waals surface area (Å²) in [6, 6.07) is 10.4. The minimum absolute atomic E-state index is 0.0248. The Bertz CT molecular complexity index is 444. The van der Waals surface area contributed by atoms with Crippen molar-refractivity contribution >= 4 is 17.7 Å². The highest BCUT2D eigenvalue weighted by molar-refractivity contribution is 7.99. The molecule has 1 aromatic carbocycles. The van der Waals surface area contributed by atoms with Gasteiger partial charge in [0.15, 0.2) is 0 Å². The van der Waals surface area contributed by atoms with Crippen LogP contribution in [0, 0.1) is 11.8 Å². The summed E-state index contributed by atoms with van der Waals surface area (Å²) < 4.78 is 0. The van der Waals surface area contributed by atoms with E-state index in [-0.39, 0.29) is 11.2 Å². The molecular formula is C18H28N2OS. The van der Waals surface area contributed by atoms with Gasteiger partial charge in [0.25, 0.3) is 0 Å². The molecule has 0 saturated carbocycles. The van der Waals surface area contributed by atoms with Crippen molar-refractivity contribution in [1.82, 2.24) is 10.6 Å². The largest absolute Gasteiger partial charge is 0.355 e. The fraction of sp³-hybridized carbons (Fsp3) is 0.611. The number of carbonyl (C=O) groups is 1. The topological polar surface area (TPSA) is 41.1 Å². The molecule has 2 atom stereocenters. The lowest BCUT2D eigenvalue weighted by molar-refractivity contribution is -0.121. The van der Waals surface area contributed by atoms with Crippen LogP contribution in [-0.2, 0) is 10.5 Å². The van der Waals surface area contributed by atoms with Gasteiger partial charge in [0, 0.05) is 12.3 Å². The van der Waals surface area contributed by atoms with Crippen LogP contribution in [0.5, 0.6) is 0 Å². The monoisotopic (exact) mass is 320 g/mol. The van der Waals surface area contributed by atoms with E-state index in [9.17, 15) is 4.79 Å². The third-order valence-corrected chi connectivity index (χ3v) is 5.72. The molecule has 0 aliphatic carbocycles. The van der Waals surface area contributed by atoms with Gasteiger partial charge < -0.3 is 10.6 Å². The van der Waals surface area contributed by atoms with Crippen LogP contribution in [-0.4, -0.2) is 30.8 Å². The fourth-order valence-corrected chi connectivity index (χ4v) is 3.96. The maximum absolute atomic E-state index is 12.5. The molecule has 122 valence electrons. The highest BCUT2D eigenvalue weighted by Gasteiger charge is 2.23. The standard InChI is InChI=1S/C18H28N2OS/c1-14(2)17(22-13-15-7-4-3-5-8-15)18(21)20-12-16-9-6-10-19-11-16/h3-5,7-8,14,16-17,19H,6,9-13H2,1-2H3,(H,20,21). The van der Waals surface area contributed by atoms with Crippen molar-refractivity contribution in [3.8, 4) is 0 Å². The van der Waals surface area contributed by atoms with E-state index in [1.54, 1.807) is 11.8 Å². The molecule has 2 N–H and O–H groups in total. The molecule has 0 bridgehead atoms. The number of nitrogens with one attached hydrogen (secondary N) is 2. The Morgan fingerprint density at radius 1 is 1.36 bits per heavy atom. The van der Waals surface area contributed by atoms with E-state index in [4.69, 9.17) is 0 Å². The Morgan fingerprint density at radius 3 is 2.77 bits per heavy atom. The number of benzene rings is 1. The highest BCUT2D eigenvalue weighted by atomic mass is 32.2. The van der Waals surface area contributed by atoms with Gasteiger partial charge >= 0.3 is 0 Å². The van der Waals surface area contributed by atoms with Crippen LogP contribution in [0.4, 0.5) is 0 Å². The maximum atomic E-state index is 12.5. The van der Waals surface area contributed by atoms with Gasteiger partial charge in [0.1, 0.15) is 0 Å². The first-order valence-electron chi connectivity index (χ1n) is 8.30. The number of amides is 1. The highest BCUT2D eigenvalue weighted by Crippen LogP contribution is 2.24. The molecule has 2 unspecified atom stereocenters. The molecule has 1 amide bonds. The molecule has 2 rings (SSSR count). The second-order valence-corrected chi connectivity index (χ2v) is 7.55. The molecular weight excluding hydrogens is 292 g/mol. The molecule has 22 heavy (non-hydrogen) atoms. The zero-order valence-corrected chi connectivity index (χ0v) is 14.5. The lowest BCUT2D eigenvalue weighted by atomic mass is 9.99. The van der Waals surface area contributed by atoms with E-state index in [1.807, 2.05) is 6.07 Å². The van der Waals surface area contributed by atoms with E-state index in [0.29, 0.717) is 11.8 Å². The summed E-state index contributed by atoms with van der Waals surface area (Å²) in [6.45, 7) is 7.21. The SMILES string of the molecule is CC(C)C(SCc1ccccc1)C(=O)NCC1CCCNC1. The summed E-state index contributed by atoms with van der Waals surface area (Å²) in [5, 5.41) is 6.60. The molecule has 1 saturated heterocycles. The molecule has 1 aliphatic rings. The summed E-state index contributed by atoms with van der Waals surface area (Å²) in [5.41, 5.74) is 1.28. The number of piperidine rings is 1. The predicted molar refractivity (Wildman–Crippen MR) is 95.0 cm³/mol. The number of thioether (sulfide) groups is 1. The van der Waals surface area contributed by atoms with E-state index in [2.05, 4.69) is 48.7 Å². The molecule has 1 aromatic rings. The minimum Gasteiger partial charge on any atom is -0.355 e. The Labute approximate surface area is 138 Å². The molecule has 1 heterocycles.